The van der Waals surface area contributed by atoms with Gasteiger partial charge in [0.15, 0.2) is 5.82 Å². The first-order chi connectivity index (χ1) is 16.4. The second-order valence-electron chi connectivity index (χ2n) is 9.24. The summed E-state index contributed by atoms with van der Waals surface area (Å²) in [5, 5.41) is 19.7. The number of rotatable bonds is 6. The summed E-state index contributed by atoms with van der Waals surface area (Å²) in [6.07, 6.45) is 2.28. The molecule has 34 heavy (non-hydrogen) atoms. The fourth-order valence-electron chi connectivity index (χ4n) is 5.20. The molecule has 1 aliphatic carbocycles. The van der Waals surface area contributed by atoms with Crippen LogP contribution in [0.3, 0.4) is 0 Å². The molecule has 0 saturated carbocycles. The molecule has 0 radical (unpaired) electrons. The van der Waals surface area contributed by atoms with E-state index in [0.717, 1.165) is 29.0 Å². The van der Waals surface area contributed by atoms with E-state index in [1.807, 2.05) is 26.0 Å². The predicted molar refractivity (Wildman–Crippen MR) is 130 cm³/mol. The van der Waals surface area contributed by atoms with Crippen LogP contribution in [-0.2, 0) is 16.6 Å². The minimum absolute atomic E-state index is 0.0135. The number of carbonyl (C=O) groups is 1. The van der Waals surface area contributed by atoms with Gasteiger partial charge >= 0.3 is 0 Å². The van der Waals surface area contributed by atoms with Gasteiger partial charge in [-0.1, -0.05) is 18.2 Å². The first-order valence-corrected chi connectivity index (χ1v) is 12.3. The van der Waals surface area contributed by atoms with Crippen molar-refractivity contribution in [2.24, 2.45) is 0 Å². The maximum atomic E-state index is 12.5. The van der Waals surface area contributed by atoms with Gasteiger partial charge in [0.1, 0.15) is 16.8 Å². The van der Waals surface area contributed by atoms with E-state index in [0.29, 0.717) is 36.6 Å². The molecule has 7 nitrogen and oxygen atoms in total. The third kappa shape index (κ3) is 3.85. The molecule has 1 fully saturated rings. The number of fused-ring (bicyclic) bond motifs is 2. The Morgan fingerprint density at radius 3 is 2.94 bits per heavy atom. The third-order valence-electron chi connectivity index (χ3n) is 6.68. The number of carbonyl (C=O) groups excluding carboxylic acids is 1. The number of ether oxygens (including phenoxy) is 1. The van der Waals surface area contributed by atoms with Crippen LogP contribution >= 0.6 is 11.5 Å². The average Bonchev–Trinajstić information content (AvgIpc) is 3.52. The van der Waals surface area contributed by atoms with E-state index in [4.69, 9.17) is 9.72 Å². The molecule has 1 aromatic heterocycles. The summed E-state index contributed by atoms with van der Waals surface area (Å²) in [5.41, 5.74) is 4.58. The van der Waals surface area contributed by atoms with Gasteiger partial charge in [-0.05, 0) is 67.5 Å². The number of aliphatic hydroxyl groups excluding tert-OH is 1. The van der Waals surface area contributed by atoms with E-state index >= 15 is 0 Å². The smallest absolute Gasteiger partial charge is 0.223 e. The number of nitriles is 1. The molecule has 8 heteroatoms. The summed E-state index contributed by atoms with van der Waals surface area (Å²) in [6.45, 7) is 4.89. The lowest BCUT2D eigenvalue weighted by atomic mass is 9.80. The van der Waals surface area contributed by atoms with Crippen LogP contribution < -0.4 is 4.74 Å². The van der Waals surface area contributed by atoms with Gasteiger partial charge in [-0.3, -0.25) is 4.79 Å². The average molecular weight is 475 g/mol. The minimum Gasteiger partial charge on any atom is -0.490 e. The monoisotopic (exact) mass is 474 g/mol. The largest absolute Gasteiger partial charge is 0.490 e. The van der Waals surface area contributed by atoms with Gasteiger partial charge in [-0.25, -0.2) is 4.98 Å². The van der Waals surface area contributed by atoms with E-state index in [2.05, 4.69) is 22.6 Å². The fraction of sp³-hybridized carbons (Fsp3) is 0.385. The number of β-amino-alcohol motifs (C(OH)–C–C–N with tert-alkyl or cyclic N) is 1. The van der Waals surface area contributed by atoms with Crippen LogP contribution in [0.5, 0.6) is 5.75 Å². The Bertz CT molecular complexity index is 1300. The van der Waals surface area contributed by atoms with Gasteiger partial charge in [0.2, 0.25) is 5.91 Å². The zero-order valence-corrected chi connectivity index (χ0v) is 20.1. The van der Waals surface area contributed by atoms with E-state index in [9.17, 15) is 15.2 Å². The Morgan fingerprint density at radius 1 is 1.32 bits per heavy atom. The van der Waals surface area contributed by atoms with Crippen molar-refractivity contribution in [2.45, 2.75) is 44.6 Å². The maximum absolute atomic E-state index is 12.5. The van der Waals surface area contributed by atoms with Crippen LogP contribution in [0, 0.1) is 11.3 Å². The van der Waals surface area contributed by atoms with Gasteiger partial charge in [0, 0.05) is 36.1 Å². The number of amides is 1. The number of aliphatic hydroxyl groups is 1. The summed E-state index contributed by atoms with van der Waals surface area (Å²) in [7, 11) is 0. The van der Waals surface area contributed by atoms with Crippen LogP contribution in [0.25, 0.3) is 22.0 Å². The Balaban J connectivity index is 1.46. The van der Waals surface area contributed by atoms with Gasteiger partial charge < -0.3 is 14.7 Å². The molecule has 3 aromatic rings. The summed E-state index contributed by atoms with van der Waals surface area (Å²) < 4.78 is 10.3. The first kappa shape index (κ1) is 22.5. The van der Waals surface area contributed by atoms with Crippen molar-refractivity contribution in [1.29, 1.82) is 5.26 Å². The standard InChI is InChI=1S/C26H26N4O3S/c1-16(2)33-22-7-6-17(12-18(22)14-27)24-28-25(34-29-24)20-4-3-5-21-19(20)8-9-26(21)13-23(32)30(15-26)10-11-31/h3-7,12,16,31H,8-11,13,15H2,1-2H3/t26-/m1/s1. The second kappa shape index (κ2) is 8.82. The van der Waals surface area contributed by atoms with Crippen molar-refractivity contribution >= 4 is 17.4 Å². The highest BCUT2D eigenvalue weighted by Crippen LogP contribution is 2.48. The van der Waals surface area contributed by atoms with Crippen LogP contribution in [0.1, 0.15) is 43.4 Å². The molecule has 1 N–H and O–H groups in total. The summed E-state index contributed by atoms with van der Waals surface area (Å²) in [4.78, 5) is 19.1. The quantitative estimate of drug-likeness (QED) is 0.581. The maximum Gasteiger partial charge on any atom is 0.223 e. The molecular weight excluding hydrogens is 448 g/mol. The SMILES string of the molecule is CC(C)Oc1ccc(-c2nsc(-c3cccc4c3CC[C@]43CC(=O)N(CCO)C3)n2)cc1C#N. The Morgan fingerprint density at radius 2 is 2.18 bits per heavy atom. The van der Waals surface area contributed by atoms with Crippen LogP contribution in [0.4, 0.5) is 0 Å². The minimum atomic E-state index is -0.181. The summed E-state index contributed by atoms with van der Waals surface area (Å²) in [6, 6.07) is 13.9. The lowest BCUT2D eigenvalue weighted by molar-refractivity contribution is -0.128. The summed E-state index contributed by atoms with van der Waals surface area (Å²) in [5.74, 6) is 1.26. The number of likely N-dealkylation sites (tertiary alicyclic amines) is 1. The Labute approximate surface area is 202 Å². The van der Waals surface area contributed by atoms with Gasteiger partial charge in [0.25, 0.3) is 0 Å². The summed E-state index contributed by atoms with van der Waals surface area (Å²) >= 11 is 1.35. The molecular formula is C26H26N4O3S. The zero-order chi connectivity index (χ0) is 23.9. The van der Waals surface area contributed by atoms with Crippen molar-refractivity contribution < 1.29 is 14.6 Å². The van der Waals surface area contributed by atoms with Crippen LogP contribution in [0.2, 0.25) is 0 Å². The lowest BCUT2D eigenvalue weighted by Crippen LogP contribution is -2.32. The van der Waals surface area contributed by atoms with Crippen molar-refractivity contribution in [3.63, 3.8) is 0 Å². The molecule has 2 heterocycles. The second-order valence-corrected chi connectivity index (χ2v) is 9.99. The molecule has 1 spiro atoms. The highest BCUT2D eigenvalue weighted by atomic mass is 32.1. The molecule has 1 amide bonds. The van der Waals surface area contributed by atoms with E-state index < -0.39 is 0 Å². The van der Waals surface area contributed by atoms with Gasteiger partial charge in [-0.2, -0.15) is 9.64 Å². The Hall–Kier alpha value is -3.28. The molecule has 1 saturated heterocycles. The zero-order valence-electron chi connectivity index (χ0n) is 19.2. The third-order valence-corrected chi connectivity index (χ3v) is 7.43. The van der Waals surface area contributed by atoms with Crippen molar-refractivity contribution in [2.75, 3.05) is 19.7 Å². The predicted octanol–water partition coefficient (Wildman–Crippen LogP) is 3.94. The van der Waals surface area contributed by atoms with E-state index in [1.54, 1.807) is 17.0 Å². The van der Waals surface area contributed by atoms with Crippen LogP contribution in [-0.4, -0.2) is 51.1 Å². The normalized spacial score (nSPS) is 19.1. The first-order valence-electron chi connectivity index (χ1n) is 11.5. The van der Waals surface area contributed by atoms with Crippen molar-refractivity contribution in [3.8, 4) is 33.8 Å². The number of hydrogen-bond acceptors (Lipinski definition) is 7. The molecule has 2 aliphatic rings. The van der Waals surface area contributed by atoms with E-state index in [1.165, 1.54) is 22.7 Å². The highest BCUT2D eigenvalue weighted by Gasteiger charge is 2.48. The molecule has 5 rings (SSSR count). The Kier molecular flexibility index (Phi) is 5.84. The number of hydrogen-bond donors (Lipinski definition) is 1. The topological polar surface area (TPSA) is 99.3 Å². The molecule has 1 atom stereocenters. The van der Waals surface area contributed by atoms with Gasteiger partial charge in [-0.15, -0.1) is 0 Å². The van der Waals surface area contributed by atoms with Crippen molar-refractivity contribution in [3.05, 3.63) is 53.1 Å². The molecule has 2 aromatic carbocycles. The number of nitrogens with zero attached hydrogens (tertiary/aromatic N) is 4. The van der Waals surface area contributed by atoms with Crippen LogP contribution in [0.15, 0.2) is 36.4 Å². The highest BCUT2D eigenvalue weighted by molar-refractivity contribution is 7.09. The fourth-order valence-corrected chi connectivity index (χ4v) is 5.93. The van der Waals surface area contributed by atoms with Gasteiger partial charge in [0.05, 0.1) is 18.3 Å². The number of aromatic nitrogens is 2. The van der Waals surface area contributed by atoms with E-state index in [-0.39, 0.29) is 24.0 Å². The number of benzene rings is 2. The molecule has 0 unspecified atom stereocenters. The molecule has 1 aliphatic heterocycles. The lowest BCUT2D eigenvalue weighted by Gasteiger charge is -2.24. The molecule has 0 bridgehead atoms. The molecule has 174 valence electrons. The van der Waals surface area contributed by atoms with Crippen molar-refractivity contribution in [1.82, 2.24) is 14.3 Å².